The quantitative estimate of drug-likeness (QED) is 0.458. The van der Waals surface area contributed by atoms with Crippen molar-refractivity contribution in [2.24, 2.45) is 4.99 Å². The molecule has 0 amide bonds. The van der Waals surface area contributed by atoms with Crippen molar-refractivity contribution in [2.75, 3.05) is 0 Å². The molecular weight excluding hydrogens is 110 g/mol. The molecule has 0 radical (unpaired) electrons. The van der Waals surface area contributed by atoms with Crippen LogP contribution in [0.1, 0.15) is 12.8 Å². The maximum atomic E-state index is 5.56. The lowest BCUT2D eigenvalue weighted by atomic mass is 10.3. The highest BCUT2D eigenvalue weighted by Crippen LogP contribution is 2.11. The number of allylic oxidation sites excluding steroid dienone is 1. The maximum absolute atomic E-state index is 5.56. The van der Waals surface area contributed by atoms with E-state index in [1.807, 2.05) is 6.21 Å². The van der Waals surface area contributed by atoms with Gasteiger partial charge in [-0.05, 0) is 12.8 Å². The molecule has 0 unspecified atom stereocenters. The number of halogens is 1. The standard InChI is InChI=1S/C5H6ClN/c6-5-2-1-3-7-4-5/h3-4H,1-2H2. The fraction of sp³-hybridized carbons (Fsp3) is 0.400. The highest BCUT2D eigenvalue weighted by atomic mass is 35.5. The minimum absolute atomic E-state index is 0.863. The van der Waals surface area contributed by atoms with Gasteiger partial charge in [0, 0.05) is 17.4 Å². The summed E-state index contributed by atoms with van der Waals surface area (Å²) in [4.78, 5) is 3.84. The van der Waals surface area contributed by atoms with E-state index in [0.717, 1.165) is 17.9 Å². The van der Waals surface area contributed by atoms with Gasteiger partial charge in [-0.3, -0.25) is 4.99 Å². The number of aliphatic imine (C=N–C) groups is 1. The molecule has 1 heterocycles. The van der Waals surface area contributed by atoms with Crippen molar-refractivity contribution < 1.29 is 0 Å². The molecule has 0 aromatic carbocycles. The molecule has 0 atom stereocenters. The van der Waals surface area contributed by atoms with Gasteiger partial charge in [0.15, 0.2) is 0 Å². The summed E-state index contributed by atoms with van der Waals surface area (Å²) in [6.07, 6.45) is 5.51. The third-order valence-electron chi connectivity index (χ3n) is 0.832. The molecule has 0 saturated heterocycles. The molecular formula is C5H6ClN. The molecule has 0 aromatic heterocycles. The lowest BCUT2D eigenvalue weighted by Gasteiger charge is -1.95. The zero-order chi connectivity index (χ0) is 5.11. The van der Waals surface area contributed by atoms with Crippen LogP contribution in [0.15, 0.2) is 16.2 Å². The number of hydrogen-bond donors (Lipinski definition) is 0. The maximum Gasteiger partial charge on any atom is 0.0409 e. The van der Waals surface area contributed by atoms with Gasteiger partial charge < -0.3 is 0 Å². The summed E-state index contributed by atoms with van der Waals surface area (Å²) in [5, 5.41) is 0.863. The van der Waals surface area contributed by atoms with Crippen LogP contribution in [-0.2, 0) is 0 Å². The van der Waals surface area contributed by atoms with Gasteiger partial charge in [-0.2, -0.15) is 0 Å². The normalized spacial score (nSPS) is 19.3. The summed E-state index contributed by atoms with van der Waals surface area (Å²) < 4.78 is 0. The predicted octanol–water partition coefficient (Wildman–Crippen LogP) is 1.93. The van der Waals surface area contributed by atoms with Crippen LogP contribution in [0.2, 0.25) is 0 Å². The fourth-order valence-electron chi connectivity index (χ4n) is 0.475. The molecule has 0 fully saturated rings. The molecule has 0 spiro atoms. The second-order valence-electron chi connectivity index (χ2n) is 1.45. The van der Waals surface area contributed by atoms with Crippen LogP contribution < -0.4 is 0 Å². The molecule has 1 aliphatic heterocycles. The Kier molecular flexibility index (Phi) is 1.47. The van der Waals surface area contributed by atoms with Gasteiger partial charge >= 0.3 is 0 Å². The minimum Gasteiger partial charge on any atom is -0.268 e. The molecule has 2 heteroatoms. The summed E-state index contributed by atoms with van der Waals surface area (Å²) in [5.41, 5.74) is 0. The van der Waals surface area contributed by atoms with Crippen LogP contribution in [0, 0.1) is 0 Å². The third-order valence-corrected chi connectivity index (χ3v) is 1.12. The Bertz CT molecular complexity index is 115. The minimum atomic E-state index is 0.863. The van der Waals surface area contributed by atoms with E-state index >= 15 is 0 Å². The average molecular weight is 116 g/mol. The van der Waals surface area contributed by atoms with Crippen LogP contribution in [0.4, 0.5) is 0 Å². The lowest BCUT2D eigenvalue weighted by molar-refractivity contribution is 1.06. The van der Waals surface area contributed by atoms with E-state index < -0.39 is 0 Å². The van der Waals surface area contributed by atoms with E-state index in [4.69, 9.17) is 11.6 Å². The molecule has 38 valence electrons. The van der Waals surface area contributed by atoms with E-state index in [-0.39, 0.29) is 0 Å². The molecule has 0 bridgehead atoms. The summed E-state index contributed by atoms with van der Waals surface area (Å²) in [7, 11) is 0. The number of nitrogens with zero attached hydrogens (tertiary/aromatic N) is 1. The molecule has 0 saturated carbocycles. The zero-order valence-corrected chi connectivity index (χ0v) is 4.65. The van der Waals surface area contributed by atoms with Crippen molar-refractivity contribution in [1.29, 1.82) is 0 Å². The molecule has 0 N–H and O–H groups in total. The first-order valence-corrected chi connectivity index (χ1v) is 2.63. The van der Waals surface area contributed by atoms with E-state index in [0.29, 0.717) is 0 Å². The first kappa shape index (κ1) is 4.85. The highest BCUT2D eigenvalue weighted by Gasteiger charge is 1.92. The average Bonchev–Trinajstić information content (AvgIpc) is 1.69. The summed E-state index contributed by atoms with van der Waals surface area (Å²) >= 11 is 5.56. The Labute approximate surface area is 47.7 Å². The fourth-order valence-corrected chi connectivity index (χ4v) is 0.641. The molecule has 0 aliphatic carbocycles. The van der Waals surface area contributed by atoms with E-state index in [1.165, 1.54) is 0 Å². The van der Waals surface area contributed by atoms with Gasteiger partial charge in [0.25, 0.3) is 0 Å². The Hall–Kier alpha value is -0.300. The Morgan fingerprint density at radius 2 is 2.57 bits per heavy atom. The van der Waals surface area contributed by atoms with Gasteiger partial charge in [0.05, 0.1) is 0 Å². The van der Waals surface area contributed by atoms with Crippen molar-refractivity contribution in [3.63, 3.8) is 0 Å². The van der Waals surface area contributed by atoms with Crippen LogP contribution in [0.25, 0.3) is 0 Å². The van der Waals surface area contributed by atoms with E-state index in [2.05, 4.69) is 4.99 Å². The van der Waals surface area contributed by atoms with E-state index in [1.54, 1.807) is 6.20 Å². The smallest absolute Gasteiger partial charge is 0.0409 e. The molecule has 1 aliphatic rings. The zero-order valence-electron chi connectivity index (χ0n) is 3.89. The Morgan fingerprint density at radius 1 is 1.71 bits per heavy atom. The number of rotatable bonds is 0. The van der Waals surface area contributed by atoms with Crippen LogP contribution >= 0.6 is 11.6 Å². The molecule has 1 nitrogen and oxygen atoms in total. The SMILES string of the molecule is ClC1=CN=CCC1. The summed E-state index contributed by atoms with van der Waals surface area (Å²) in [6.45, 7) is 0. The van der Waals surface area contributed by atoms with Gasteiger partial charge in [0.1, 0.15) is 0 Å². The van der Waals surface area contributed by atoms with E-state index in [9.17, 15) is 0 Å². The van der Waals surface area contributed by atoms with Crippen molar-refractivity contribution >= 4 is 17.8 Å². The summed E-state index contributed by atoms with van der Waals surface area (Å²) in [5.74, 6) is 0. The van der Waals surface area contributed by atoms with Crippen molar-refractivity contribution in [3.05, 3.63) is 11.2 Å². The van der Waals surface area contributed by atoms with Crippen molar-refractivity contribution in [1.82, 2.24) is 0 Å². The second-order valence-corrected chi connectivity index (χ2v) is 1.93. The molecule has 0 aromatic rings. The second kappa shape index (κ2) is 2.12. The molecule has 1 rings (SSSR count). The Morgan fingerprint density at radius 3 is 2.86 bits per heavy atom. The molecule has 7 heavy (non-hydrogen) atoms. The van der Waals surface area contributed by atoms with Crippen LogP contribution in [0.5, 0.6) is 0 Å². The van der Waals surface area contributed by atoms with Crippen molar-refractivity contribution in [2.45, 2.75) is 12.8 Å². The van der Waals surface area contributed by atoms with Gasteiger partial charge in [-0.25, -0.2) is 0 Å². The van der Waals surface area contributed by atoms with Crippen LogP contribution in [-0.4, -0.2) is 6.21 Å². The number of hydrogen-bond acceptors (Lipinski definition) is 1. The lowest BCUT2D eigenvalue weighted by Crippen LogP contribution is -1.81. The van der Waals surface area contributed by atoms with Crippen LogP contribution in [0.3, 0.4) is 0 Å². The first-order chi connectivity index (χ1) is 3.39. The van der Waals surface area contributed by atoms with Gasteiger partial charge in [0.2, 0.25) is 0 Å². The largest absolute Gasteiger partial charge is 0.268 e. The Balaban J connectivity index is 2.57. The topological polar surface area (TPSA) is 12.4 Å². The van der Waals surface area contributed by atoms with Crippen molar-refractivity contribution in [3.8, 4) is 0 Å². The monoisotopic (exact) mass is 115 g/mol. The highest BCUT2D eigenvalue weighted by molar-refractivity contribution is 6.29. The predicted molar refractivity (Wildman–Crippen MR) is 31.7 cm³/mol. The summed E-state index contributed by atoms with van der Waals surface area (Å²) in [6, 6.07) is 0. The van der Waals surface area contributed by atoms with Gasteiger partial charge in [-0.15, -0.1) is 0 Å². The van der Waals surface area contributed by atoms with Gasteiger partial charge in [-0.1, -0.05) is 11.6 Å². The first-order valence-electron chi connectivity index (χ1n) is 2.26. The third kappa shape index (κ3) is 1.32.